The van der Waals surface area contributed by atoms with Crippen LogP contribution >= 0.6 is 11.8 Å². The lowest BCUT2D eigenvalue weighted by Gasteiger charge is -2.02. The molecule has 120 valence electrons. The minimum atomic E-state index is -1.10. The molecule has 0 aliphatic rings. The lowest BCUT2D eigenvalue weighted by Crippen LogP contribution is -2.00. The van der Waals surface area contributed by atoms with E-state index in [-0.39, 0.29) is 17.6 Å². The van der Waals surface area contributed by atoms with Gasteiger partial charge in [-0.3, -0.25) is 4.21 Å². The summed E-state index contributed by atoms with van der Waals surface area (Å²) in [5.41, 5.74) is 1.81. The zero-order valence-electron chi connectivity index (χ0n) is 12.7. The van der Waals surface area contributed by atoms with Gasteiger partial charge in [-0.05, 0) is 23.8 Å². The van der Waals surface area contributed by atoms with Gasteiger partial charge < -0.3 is 9.63 Å². The molecular weight excluding hydrogens is 320 g/mol. The van der Waals surface area contributed by atoms with Crippen LogP contribution in [0.15, 0.2) is 28.8 Å². The summed E-state index contributed by atoms with van der Waals surface area (Å²) in [7, 11) is -1.10. The molecule has 0 saturated heterocycles. The third-order valence-electron chi connectivity index (χ3n) is 3.08. The van der Waals surface area contributed by atoms with E-state index >= 15 is 0 Å². The lowest BCUT2D eigenvalue weighted by molar-refractivity contribution is 0.282. The van der Waals surface area contributed by atoms with Crippen LogP contribution in [0, 0.1) is 0 Å². The normalized spacial score (nSPS) is 14.0. The van der Waals surface area contributed by atoms with Gasteiger partial charge in [-0.2, -0.15) is 16.7 Å². The van der Waals surface area contributed by atoms with Gasteiger partial charge in [0.15, 0.2) is 5.82 Å². The van der Waals surface area contributed by atoms with E-state index in [9.17, 15) is 4.21 Å². The van der Waals surface area contributed by atoms with E-state index in [4.69, 9.17) is 9.63 Å². The number of hydrogen-bond donors (Lipinski definition) is 1. The van der Waals surface area contributed by atoms with E-state index in [1.165, 1.54) is 0 Å². The second-order valence-corrected chi connectivity index (χ2v) is 7.92. The Bertz CT molecular complexity index is 614. The molecule has 1 aromatic heterocycles. The van der Waals surface area contributed by atoms with Gasteiger partial charge in [-0.15, -0.1) is 0 Å². The maximum atomic E-state index is 12.2. The minimum Gasteiger partial charge on any atom is -0.392 e. The van der Waals surface area contributed by atoms with E-state index in [0.717, 1.165) is 16.9 Å². The number of benzene rings is 1. The molecule has 0 fully saturated rings. The molecule has 0 saturated carbocycles. The van der Waals surface area contributed by atoms with Gasteiger partial charge in [0, 0.05) is 16.6 Å². The first-order chi connectivity index (χ1) is 10.6. The SMILES string of the molecule is CCSC(C)c1noc(CS(=O)Cc2ccc(CO)cc2)n1. The highest BCUT2D eigenvalue weighted by molar-refractivity contribution is 7.99. The summed E-state index contributed by atoms with van der Waals surface area (Å²) in [5, 5.41) is 13.1. The van der Waals surface area contributed by atoms with Crippen LogP contribution in [0.1, 0.15) is 41.9 Å². The maximum absolute atomic E-state index is 12.2. The Balaban J connectivity index is 1.91. The highest BCUT2D eigenvalue weighted by Crippen LogP contribution is 2.25. The van der Waals surface area contributed by atoms with Gasteiger partial charge in [0.2, 0.25) is 5.89 Å². The first-order valence-electron chi connectivity index (χ1n) is 7.10. The summed E-state index contributed by atoms with van der Waals surface area (Å²) in [4.78, 5) is 4.31. The fourth-order valence-electron chi connectivity index (χ4n) is 1.93. The van der Waals surface area contributed by atoms with E-state index in [1.54, 1.807) is 11.8 Å². The van der Waals surface area contributed by atoms with Gasteiger partial charge in [0.25, 0.3) is 0 Å². The Morgan fingerprint density at radius 3 is 2.59 bits per heavy atom. The van der Waals surface area contributed by atoms with Crippen molar-refractivity contribution < 1.29 is 13.8 Å². The lowest BCUT2D eigenvalue weighted by atomic mass is 10.2. The molecule has 22 heavy (non-hydrogen) atoms. The van der Waals surface area contributed by atoms with E-state index < -0.39 is 10.8 Å². The number of aliphatic hydroxyl groups excluding tert-OH is 1. The van der Waals surface area contributed by atoms with Crippen molar-refractivity contribution in [3.63, 3.8) is 0 Å². The Morgan fingerprint density at radius 2 is 1.95 bits per heavy atom. The first-order valence-corrected chi connectivity index (χ1v) is 9.63. The second-order valence-electron chi connectivity index (χ2n) is 4.85. The van der Waals surface area contributed by atoms with Crippen molar-refractivity contribution in [2.24, 2.45) is 0 Å². The third-order valence-corrected chi connectivity index (χ3v) is 5.35. The van der Waals surface area contributed by atoms with Crippen LogP contribution in [0.25, 0.3) is 0 Å². The van der Waals surface area contributed by atoms with Gasteiger partial charge in [-0.1, -0.05) is 36.3 Å². The first kappa shape index (κ1) is 17.2. The van der Waals surface area contributed by atoms with Gasteiger partial charge >= 0.3 is 0 Å². The second kappa shape index (κ2) is 8.45. The molecule has 0 radical (unpaired) electrons. The summed E-state index contributed by atoms with van der Waals surface area (Å²) < 4.78 is 17.3. The summed E-state index contributed by atoms with van der Waals surface area (Å²) in [5.74, 6) is 2.76. The molecule has 0 aliphatic heterocycles. The number of hydrogen-bond acceptors (Lipinski definition) is 6. The minimum absolute atomic E-state index is 0.0160. The highest BCUT2D eigenvalue weighted by Gasteiger charge is 2.15. The summed E-state index contributed by atoms with van der Waals surface area (Å²) >= 11 is 1.74. The Hall–Kier alpha value is -1.18. The van der Waals surface area contributed by atoms with Crippen LogP contribution in [-0.2, 0) is 28.9 Å². The topological polar surface area (TPSA) is 76.2 Å². The molecule has 0 bridgehead atoms. The van der Waals surface area contributed by atoms with E-state index in [0.29, 0.717) is 17.5 Å². The molecule has 0 amide bonds. The van der Waals surface area contributed by atoms with Crippen LogP contribution in [0.3, 0.4) is 0 Å². The van der Waals surface area contributed by atoms with Crippen LogP contribution < -0.4 is 0 Å². The molecule has 0 spiro atoms. The molecule has 7 heteroatoms. The molecule has 2 rings (SSSR count). The standard InChI is InChI=1S/C15H20N2O3S2/c1-3-21-11(2)15-16-14(20-17-15)10-22(19)9-13-6-4-12(8-18)5-7-13/h4-7,11,18H,3,8-10H2,1-2H3. The van der Waals surface area contributed by atoms with E-state index in [1.807, 2.05) is 31.2 Å². The Morgan fingerprint density at radius 1 is 1.27 bits per heavy atom. The third kappa shape index (κ3) is 4.93. The predicted octanol–water partition coefficient (Wildman–Crippen LogP) is 2.82. The number of thioether (sulfide) groups is 1. The van der Waals surface area contributed by atoms with Crippen LogP contribution in [0.4, 0.5) is 0 Å². The number of nitrogens with zero attached hydrogens (tertiary/aromatic N) is 2. The largest absolute Gasteiger partial charge is 0.392 e. The molecular formula is C15H20N2O3S2. The predicted molar refractivity (Wildman–Crippen MR) is 88.8 cm³/mol. The summed E-state index contributed by atoms with van der Waals surface area (Å²) in [6, 6.07) is 7.42. The molecule has 2 atom stereocenters. The Labute approximate surface area is 137 Å². The van der Waals surface area contributed by atoms with Crippen LogP contribution in [0.5, 0.6) is 0 Å². The molecule has 2 unspecified atom stereocenters. The van der Waals surface area contributed by atoms with Crippen molar-refractivity contribution in [2.75, 3.05) is 5.75 Å². The van der Waals surface area contributed by atoms with Crippen molar-refractivity contribution in [3.8, 4) is 0 Å². The molecule has 0 aliphatic carbocycles. The monoisotopic (exact) mass is 340 g/mol. The molecule has 1 aromatic carbocycles. The van der Waals surface area contributed by atoms with Gasteiger partial charge in [-0.25, -0.2) is 0 Å². The number of aromatic nitrogens is 2. The molecule has 1 heterocycles. The van der Waals surface area contributed by atoms with Gasteiger partial charge in [0.05, 0.1) is 11.9 Å². The Kier molecular flexibility index (Phi) is 6.60. The quantitative estimate of drug-likeness (QED) is 0.796. The average Bonchev–Trinajstić information content (AvgIpc) is 2.96. The van der Waals surface area contributed by atoms with Crippen molar-refractivity contribution in [2.45, 2.75) is 37.2 Å². The van der Waals surface area contributed by atoms with Gasteiger partial charge in [0.1, 0.15) is 5.75 Å². The fraction of sp³-hybridized carbons (Fsp3) is 0.467. The van der Waals surface area contributed by atoms with Crippen molar-refractivity contribution in [1.82, 2.24) is 10.1 Å². The zero-order chi connectivity index (χ0) is 15.9. The highest BCUT2D eigenvalue weighted by atomic mass is 32.2. The summed E-state index contributed by atoms with van der Waals surface area (Å²) in [6.07, 6.45) is 0. The zero-order valence-corrected chi connectivity index (χ0v) is 14.3. The molecule has 2 aromatic rings. The maximum Gasteiger partial charge on any atom is 0.239 e. The smallest absolute Gasteiger partial charge is 0.239 e. The molecule has 1 N–H and O–H groups in total. The number of rotatable bonds is 8. The molecule has 5 nitrogen and oxygen atoms in total. The fourth-order valence-corrected chi connectivity index (χ4v) is 3.74. The summed E-state index contributed by atoms with van der Waals surface area (Å²) in [6.45, 7) is 4.13. The number of aliphatic hydroxyl groups is 1. The van der Waals surface area contributed by atoms with Crippen molar-refractivity contribution in [3.05, 3.63) is 47.1 Å². The van der Waals surface area contributed by atoms with Crippen molar-refractivity contribution in [1.29, 1.82) is 0 Å². The van der Waals surface area contributed by atoms with Crippen LogP contribution in [-0.4, -0.2) is 25.2 Å². The average molecular weight is 340 g/mol. The van der Waals surface area contributed by atoms with Crippen LogP contribution in [0.2, 0.25) is 0 Å². The van der Waals surface area contributed by atoms with Crippen molar-refractivity contribution >= 4 is 22.6 Å². The van der Waals surface area contributed by atoms with E-state index in [2.05, 4.69) is 17.1 Å².